The van der Waals surface area contributed by atoms with Crippen LogP contribution in [0.5, 0.6) is 0 Å². The summed E-state index contributed by atoms with van der Waals surface area (Å²) in [5.41, 5.74) is 0.681. The predicted molar refractivity (Wildman–Crippen MR) is 63.1 cm³/mol. The molecule has 0 fully saturated rings. The van der Waals surface area contributed by atoms with Crippen molar-refractivity contribution >= 4 is 45.8 Å². The summed E-state index contributed by atoms with van der Waals surface area (Å²) in [6, 6.07) is 5.54. The van der Waals surface area contributed by atoms with E-state index in [1.807, 2.05) is 12.1 Å². The Morgan fingerprint density at radius 3 is 2.92 bits per heavy atom. The van der Waals surface area contributed by atoms with E-state index in [4.69, 9.17) is 11.6 Å². The quantitative estimate of drug-likeness (QED) is 0.835. The summed E-state index contributed by atoms with van der Waals surface area (Å²) in [4.78, 5) is 11.1. The molecule has 0 atom stereocenters. The van der Waals surface area contributed by atoms with E-state index in [9.17, 15) is 4.79 Å². The lowest BCUT2D eigenvalue weighted by Crippen LogP contribution is -2.09. The largest absolute Gasteiger partial charge is 0.325 e. The molecular formula is C9H9ClINO. The van der Waals surface area contributed by atoms with Crippen LogP contribution in [0, 0.1) is 3.57 Å². The fraction of sp³-hybridized carbons (Fsp3) is 0.222. The molecule has 0 aliphatic rings. The maximum atomic E-state index is 11.1. The fourth-order valence-corrected chi connectivity index (χ4v) is 1.51. The van der Waals surface area contributed by atoms with E-state index in [2.05, 4.69) is 27.9 Å². The van der Waals surface area contributed by atoms with E-state index in [1.165, 1.54) is 0 Å². The van der Waals surface area contributed by atoms with Gasteiger partial charge in [0.25, 0.3) is 0 Å². The van der Waals surface area contributed by atoms with Gasteiger partial charge in [0.1, 0.15) is 0 Å². The minimum absolute atomic E-state index is 0.0242. The molecule has 0 aliphatic carbocycles. The average Bonchev–Trinajstić information content (AvgIpc) is 2.13. The Morgan fingerprint density at radius 1 is 1.62 bits per heavy atom. The lowest BCUT2D eigenvalue weighted by atomic mass is 10.3. The Morgan fingerprint density at radius 2 is 2.31 bits per heavy atom. The van der Waals surface area contributed by atoms with E-state index < -0.39 is 0 Å². The number of rotatable bonds is 2. The Hall–Kier alpha value is -0.290. The van der Waals surface area contributed by atoms with E-state index >= 15 is 0 Å². The summed E-state index contributed by atoms with van der Waals surface area (Å²) in [5, 5.41) is 3.33. The van der Waals surface area contributed by atoms with Crippen LogP contribution in [0.4, 0.5) is 5.69 Å². The first-order valence-corrected chi connectivity index (χ1v) is 5.34. The molecule has 0 radical (unpaired) electrons. The Labute approximate surface area is 95.8 Å². The van der Waals surface area contributed by atoms with Crippen LogP contribution in [0.15, 0.2) is 18.2 Å². The van der Waals surface area contributed by atoms with Crippen LogP contribution >= 0.6 is 34.2 Å². The third-order valence-electron chi connectivity index (χ3n) is 1.55. The zero-order valence-corrected chi connectivity index (χ0v) is 10.0. The molecule has 1 rings (SSSR count). The highest BCUT2D eigenvalue weighted by Gasteiger charge is 2.05. The molecule has 0 unspecified atom stereocenters. The van der Waals surface area contributed by atoms with Crippen LogP contribution in [0.2, 0.25) is 5.02 Å². The van der Waals surface area contributed by atoms with Gasteiger partial charge in [0.05, 0.1) is 10.7 Å². The van der Waals surface area contributed by atoms with Gasteiger partial charge >= 0.3 is 0 Å². The minimum Gasteiger partial charge on any atom is -0.325 e. The van der Waals surface area contributed by atoms with Crippen molar-refractivity contribution in [1.29, 1.82) is 0 Å². The van der Waals surface area contributed by atoms with Gasteiger partial charge in [0.2, 0.25) is 5.91 Å². The maximum Gasteiger partial charge on any atom is 0.224 e. The normalized spacial score (nSPS) is 9.77. The third-order valence-corrected chi connectivity index (χ3v) is 3.17. The van der Waals surface area contributed by atoms with Crippen LogP contribution in [0.25, 0.3) is 0 Å². The van der Waals surface area contributed by atoms with Crippen LogP contribution in [-0.2, 0) is 4.79 Å². The van der Waals surface area contributed by atoms with Gasteiger partial charge in [-0.15, -0.1) is 0 Å². The number of nitrogens with one attached hydrogen (secondary N) is 1. The predicted octanol–water partition coefficient (Wildman–Crippen LogP) is 3.29. The Kier molecular flexibility index (Phi) is 3.99. The highest BCUT2D eigenvalue weighted by atomic mass is 127. The number of carbonyl (C=O) groups is 1. The van der Waals surface area contributed by atoms with Crippen molar-refractivity contribution in [2.24, 2.45) is 0 Å². The molecule has 0 aromatic heterocycles. The number of carbonyl (C=O) groups excluding carboxylic acids is 1. The molecule has 0 bridgehead atoms. The van der Waals surface area contributed by atoms with E-state index in [0.717, 1.165) is 3.57 Å². The highest BCUT2D eigenvalue weighted by molar-refractivity contribution is 14.1. The molecule has 0 saturated heterocycles. The summed E-state index contributed by atoms with van der Waals surface area (Å²) in [7, 11) is 0. The highest BCUT2D eigenvalue weighted by Crippen LogP contribution is 2.26. The molecule has 0 aliphatic heterocycles. The van der Waals surface area contributed by atoms with Gasteiger partial charge in [-0.25, -0.2) is 0 Å². The Balaban J connectivity index is 2.89. The molecule has 0 heterocycles. The average molecular weight is 310 g/mol. The lowest BCUT2D eigenvalue weighted by Gasteiger charge is -2.06. The minimum atomic E-state index is -0.0242. The smallest absolute Gasteiger partial charge is 0.224 e. The second-order valence-corrected chi connectivity index (χ2v) is 4.04. The van der Waals surface area contributed by atoms with Gasteiger partial charge in [-0.05, 0) is 34.7 Å². The molecular weight excluding hydrogens is 300 g/mol. The molecule has 13 heavy (non-hydrogen) atoms. The molecule has 0 saturated carbocycles. The van der Waals surface area contributed by atoms with Gasteiger partial charge in [0, 0.05) is 9.99 Å². The first-order chi connectivity index (χ1) is 6.15. The first kappa shape index (κ1) is 10.8. The second kappa shape index (κ2) is 4.81. The third kappa shape index (κ3) is 2.84. The van der Waals surface area contributed by atoms with Gasteiger partial charge in [-0.3, -0.25) is 4.79 Å². The summed E-state index contributed by atoms with van der Waals surface area (Å²) < 4.78 is 0.938. The van der Waals surface area contributed by atoms with Crippen LogP contribution < -0.4 is 5.32 Å². The van der Waals surface area contributed by atoms with Crippen molar-refractivity contribution in [3.63, 3.8) is 0 Å². The molecule has 70 valence electrons. The van der Waals surface area contributed by atoms with Crippen LogP contribution in [0.3, 0.4) is 0 Å². The molecule has 4 heteroatoms. The number of benzene rings is 1. The molecule has 1 aromatic rings. The maximum absolute atomic E-state index is 11.1. The zero-order valence-electron chi connectivity index (χ0n) is 7.10. The van der Waals surface area contributed by atoms with Crippen molar-refractivity contribution in [2.45, 2.75) is 13.3 Å². The number of amides is 1. The van der Waals surface area contributed by atoms with Crippen molar-refractivity contribution in [1.82, 2.24) is 0 Å². The van der Waals surface area contributed by atoms with Crippen molar-refractivity contribution < 1.29 is 4.79 Å². The fourth-order valence-electron chi connectivity index (χ4n) is 0.839. The SMILES string of the molecule is CCC(=O)Nc1cccc(I)c1Cl. The summed E-state index contributed by atoms with van der Waals surface area (Å²) in [5.74, 6) is -0.0242. The zero-order chi connectivity index (χ0) is 9.84. The molecule has 2 nitrogen and oxygen atoms in total. The summed E-state index contributed by atoms with van der Waals surface area (Å²) in [6.07, 6.45) is 0.460. The van der Waals surface area contributed by atoms with E-state index in [1.54, 1.807) is 13.0 Å². The van der Waals surface area contributed by atoms with Crippen LogP contribution in [-0.4, -0.2) is 5.91 Å². The topological polar surface area (TPSA) is 29.1 Å². The second-order valence-electron chi connectivity index (χ2n) is 2.50. The lowest BCUT2D eigenvalue weighted by molar-refractivity contribution is -0.115. The Bertz CT molecular complexity index is 327. The molecule has 1 N–H and O–H groups in total. The van der Waals surface area contributed by atoms with E-state index in [-0.39, 0.29) is 5.91 Å². The van der Waals surface area contributed by atoms with Gasteiger partial charge in [-0.1, -0.05) is 24.6 Å². The van der Waals surface area contributed by atoms with Crippen LogP contribution in [0.1, 0.15) is 13.3 Å². The molecule has 1 amide bonds. The van der Waals surface area contributed by atoms with Gasteiger partial charge in [0.15, 0.2) is 0 Å². The van der Waals surface area contributed by atoms with Gasteiger partial charge in [-0.2, -0.15) is 0 Å². The summed E-state index contributed by atoms with van der Waals surface area (Å²) in [6.45, 7) is 1.80. The number of anilines is 1. The monoisotopic (exact) mass is 309 g/mol. The molecule has 0 spiro atoms. The number of hydrogen-bond donors (Lipinski definition) is 1. The number of halogens is 2. The van der Waals surface area contributed by atoms with Crippen molar-refractivity contribution in [2.75, 3.05) is 5.32 Å². The van der Waals surface area contributed by atoms with Crippen molar-refractivity contribution in [3.8, 4) is 0 Å². The number of hydrogen-bond acceptors (Lipinski definition) is 1. The first-order valence-electron chi connectivity index (χ1n) is 3.89. The van der Waals surface area contributed by atoms with E-state index in [0.29, 0.717) is 17.1 Å². The van der Waals surface area contributed by atoms with Gasteiger partial charge < -0.3 is 5.32 Å². The standard InChI is InChI=1S/C9H9ClINO/c1-2-8(13)12-7-5-3-4-6(11)9(7)10/h3-5H,2H2,1H3,(H,12,13). The van der Waals surface area contributed by atoms with Crippen molar-refractivity contribution in [3.05, 3.63) is 26.8 Å². The molecule has 1 aromatic carbocycles. The summed E-state index contributed by atoms with van der Waals surface area (Å²) >= 11 is 8.10.